The van der Waals surface area contributed by atoms with Gasteiger partial charge in [-0.1, -0.05) is 35.3 Å². The van der Waals surface area contributed by atoms with E-state index < -0.39 is 5.54 Å². The third-order valence-corrected chi connectivity index (χ3v) is 3.29. The van der Waals surface area contributed by atoms with E-state index in [1.54, 1.807) is 6.07 Å². The monoisotopic (exact) mass is 261 g/mol. The maximum Gasteiger partial charge on any atom is 0.0657 e. The first kappa shape index (κ1) is 13.8. The van der Waals surface area contributed by atoms with Crippen LogP contribution in [0.2, 0.25) is 10.0 Å². The highest BCUT2D eigenvalue weighted by Gasteiger charge is 2.29. The van der Waals surface area contributed by atoms with Crippen molar-refractivity contribution in [1.82, 2.24) is 5.32 Å². The quantitative estimate of drug-likeness (QED) is 0.873. The fraction of sp³-hybridized carbons (Fsp3) is 0.500. The first-order valence-electron chi connectivity index (χ1n) is 5.24. The van der Waals surface area contributed by atoms with Gasteiger partial charge >= 0.3 is 0 Å². The summed E-state index contributed by atoms with van der Waals surface area (Å²) in [6.07, 6.45) is 0. The smallest absolute Gasteiger partial charge is 0.0657 e. The topological polar surface area (TPSA) is 32.3 Å². The fourth-order valence-electron chi connectivity index (χ4n) is 1.78. The van der Waals surface area contributed by atoms with Gasteiger partial charge in [0.05, 0.1) is 22.2 Å². The molecule has 0 aliphatic carbocycles. The molecule has 4 heteroatoms. The van der Waals surface area contributed by atoms with Gasteiger partial charge in [-0.25, -0.2) is 0 Å². The molecule has 0 amide bonds. The zero-order valence-electron chi connectivity index (χ0n) is 9.72. The van der Waals surface area contributed by atoms with E-state index >= 15 is 0 Å². The van der Waals surface area contributed by atoms with Crippen molar-refractivity contribution in [3.63, 3.8) is 0 Å². The fourth-order valence-corrected chi connectivity index (χ4v) is 2.28. The van der Waals surface area contributed by atoms with Gasteiger partial charge in [-0.05, 0) is 32.4 Å². The van der Waals surface area contributed by atoms with Crippen LogP contribution < -0.4 is 5.32 Å². The van der Waals surface area contributed by atoms with Crippen LogP contribution in [0.5, 0.6) is 0 Å². The lowest BCUT2D eigenvalue weighted by Crippen LogP contribution is -2.46. The predicted octanol–water partition coefficient (Wildman–Crippen LogP) is 3.20. The standard InChI is InChI=1S/C12H17Cl2NO/c1-8(2)15-12(3,7-16)9-5-4-6-10(13)11(9)14/h4-6,8,15-16H,7H2,1-3H3. The van der Waals surface area contributed by atoms with Crippen LogP contribution in [0.4, 0.5) is 0 Å². The van der Waals surface area contributed by atoms with Gasteiger partial charge in [0.1, 0.15) is 0 Å². The largest absolute Gasteiger partial charge is 0.394 e. The van der Waals surface area contributed by atoms with Crippen LogP contribution in [0.15, 0.2) is 18.2 Å². The number of hydrogen-bond acceptors (Lipinski definition) is 2. The van der Waals surface area contributed by atoms with Gasteiger partial charge in [0, 0.05) is 6.04 Å². The lowest BCUT2D eigenvalue weighted by molar-refractivity contribution is 0.166. The normalized spacial score (nSPS) is 15.2. The summed E-state index contributed by atoms with van der Waals surface area (Å²) in [6.45, 7) is 5.91. The molecule has 0 fully saturated rings. The maximum atomic E-state index is 9.54. The van der Waals surface area contributed by atoms with Crippen LogP contribution in [0, 0.1) is 0 Å². The van der Waals surface area contributed by atoms with Crippen molar-refractivity contribution in [2.75, 3.05) is 6.61 Å². The highest BCUT2D eigenvalue weighted by molar-refractivity contribution is 6.42. The molecule has 0 saturated carbocycles. The zero-order valence-corrected chi connectivity index (χ0v) is 11.2. The molecular weight excluding hydrogens is 245 g/mol. The van der Waals surface area contributed by atoms with Crippen LogP contribution in [-0.4, -0.2) is 17.8 Å². The SMILES string of the molecule is CC(C)NC(C)(CO)c1cccc(Cl)c1Cl. The molecule has 1 rings (SSSR count). The van der Waals surface area contributed by atoms with Gasteiger partial charge in [-0.15, -0.1) is 0 Å². The minimum atomic E-state index is -0.573. The van der Waals surface area contributed by atoms with E-state index in [4.69, 9.17) is 23.2 Å². The van der Waals surface area contributed by atoms with Gasteiger partial charge in [-0.3, -0.25) is 0 Å². The Morgan fingerprint density at radius 1 is 1.38 bits per heavy atom. The maximum absolute atomic E-state index is 9.54. The number of rotatable bonds is 4. The summed E-state index contributed by atoms with van der Waals surface area (Å²) in [5.41, 5.74) is 0.244. The molecule has 1 unspecified atom stereocenters. The number of benzene rings is 1. The van der Waals surface area contributed by atoms with Crippen LogP contribution >= 0.6 is 23.2 Å². The number of halogens is 2. The molecular formula is C12H17Cl2NO. The second kappa shape index (κ2) is 5.37. The van der Waals surface area contributed by atoms with E-state index in [1.807, 2.05) is 32.9 Å². The molecule has 0 radical (unpaired) electrons. The third-order valence-electron chi connectivity index (χ3n) is 2.47. The Balaban J connectivity index is 3.17. The van der Waals surface area contributed by atoms with E-state index in [1.165, 1.54) is 0 Å². The minimum Gasteiger partial charge on any atom is -0.394 e. The zero-order chi connectivity index (χ0) is 12.3. The Labute approximate surface area is 107 Å². The molecule has 0 saturated heterocycles. The molecule has 2 nitrogen and oxygen atoms in total. The molecule has 1 aromatic carbocycles. The van der Waals surface area contributed by atoms with Crippen LogP contribution in [0.3, 0.4) is 0 Å². The summed E-state index contributed by atoms with van der Waals surface area (Å²) in [5, 5.41) is 13.8. The van der Waals surface area contributed by atoms with Gasteiger partial charge in [-0.2, -0.15) is 0 Å². The number of nitrogens with one attached hydrogen (secondary N) is 1. The Morgan fingerprint density at radius 2 is 2.00 bits per heavy atom. The molecule has 1 atom stereocenters. The highest BCUT2D eigenvalue weighted by atomic mass is 35.5. The average molecular weight is 262 g/mol. The van der Waals surface area contributed by atoms with Crippen molar-refractivity contribution in [2.45, 2.75) is 32.4 Å². The summed E-state index contributed by atoms with van der Waals surface area (Å²) in [4.78, 5) is 0. The number of aliphatic hydroxyl groups excluding tert-OH is 1. The van der Waals surface area contributed by atoms with Gasteiger partial charge in [0.2, 0.25) is 0 Å². The van der Waals surface area contributed by atoms with Crippen molar-refractivity contribution in [3.8, 4) is 0 Å². The lowest BCUT2D eigenvalue weighted by Gasteiger charge is -2.32. The highest BCUT2D eigenvalue weighted by Crippen LogP contribution is 2.33. The predicted molar refractivity (Wildman–Crippen MR) is 69.2 cm³/mol. The number of aliphatic hydroxyl groups is 1. The summed E-state index contributed by atoms with van der Waals surface area (Å²) in [6, 6.07) is 5.69. The van der Waals surface area contributed by atoms with Gasteiger partial charge < -0.3 is 10.4 Å². The summed E-state index contributed by atoms with van der Waals surface area (Å²) in [7, 11) is 0. The second-order valence-corrected chi connectivity index (χ2v) is 5.18. The molecule has 16 heavy (non-hydrogen) atoms. The molecule has 1 aromatic rings. The summed E-state index contributed by atoms with van der Waals surface area (Å²) < 4.78 is 0. The summed E-state index contributed by atoms with van der Waals surface area (Å²) >= 11 is 12.1. The van der Waals surface area contributed by atoms with Crippen LogP contribution in [0.25, 0.3) is 0 Å². The van der Waals surface area contributed by atoms with Gasteiger partial charge in [0.25, 0.3) is 0 Å². The van der Waals surface area contributed by atoms with Crippen molar-refractivity contribution in [1.29, 1.82) is 0 Å². The van der Waals surface area contributed by atoms with E-state index in [0.29, 0.717) is 10.0 Å². The molecule has 0 spiro atoms. The Bertz CT molecular complexity index is 368. The van der Waals surface area contributed by atoms with Crippen molar-refractivity contribution < 1.29 is 5.11 Å². The Kier molecular flexibility index (Phi) is 4.62. The first-order valence-corrected chi connectivity index (χ1v) is 5.99. The van der Waals surface area contributed by atoms with E-state index in [9.17, 15) is 5.11 Å². The summed E-state index contributed by atoms with van der Waals surface area (Å²) in [5.74, 6) is 0. The lowest BCUT2D eigenvalue weighted by atomic mass is 9.92. The Hall–Kier alpha value is -0.280. The molecule has 0 aromatic heterocycles. The molecule has 2 N–H and O–H groups in total. The molecule has 0 bridgehead atoms. The van der Waals surface area contributed by atoms with Crippen molar-refractivity contribution in [3.05, 3.63) is 33.8 Å². The Morgan fingerprint density at radius 3 is 2.50 bits per heavy atom. The first-order chi connectivity index (χ1) is 7.40. The average Bonchev–Trinajstić information content (AvgIpc) is 2.21. The molecule has 0 heterocycles. The van der Waals surface area contributed by atoms with Crippen molar-refractivity contribution >= 4 is 23.2 Å². The second-order valence-electron chi connectivity index (χ2n) is 4.39. The molecule has 0 aliphatic rings. The molecule has 0 aliphatic heterocycles. The number of hydrogen-bond donors (Lipinski definition) is 2. The molecule has 90 valence electrons. The van der Waals surface area contributed by atoms with Gasteiger partial charge in [0.15, 0.2) is 0 Å². The van der Waals surface area contributed by atoms with E-state index in [2.05, 4.69) is 5.32 Å². The minimum absolute atomic E-state index is 0.0365. The van der Waals surface area contributed by atoms with E-state index in [-0.39, 0.29) is 12.6 Å². The van der Waals surface area contributed by atoms with Crippen LogP contribution in [0.1, 0.15) is 26.3 Å². The van der Waals surface area contributed by atoms with E-state index in [0.717, 1.165) is 5.56 Å². The van der Waals surface area contributed by atoms with Crippen molar-refractivity contribution in [2.24, 2.45) is 0 Å². The third kappa shape index (κ3) is 2.89. The van der Waals surface area contributed by atoms with Crippen LogP contribution in [-0.2, 0) is 5.54 Å².